The van der Waals surface area contributed by atoms with Gasteiger partial charge >= 0.3 is 0 Å². The van der Waals surface area contributed by atoms with Gasteiger partial charge in [0, 0.05) is 23.9 Å². The molecule has 1 N–H and O–H groups in total. The number of anilines is 1. The van der Waals surface area contributed by atoms with E-state index in [1.165, 1.54) is 0 Å². The van der Waals surface area contributed by atoms with Crippen LogP contribution in [0.1, 0.15) is 30.1 Å². The van der Waals surface area contributed by atoms with E-state index < -0.39 is 0 Å². The minimum atomic E-state index is -0.205. The van der Waals surface area contributed by atoms with E-state index in [-0.39, 0.29) is 12.0 Å². The third kappa shape index (κ3) is 5.84. The highest BCUT2D eigenvalue weighted by Crippen LogP contribution is 2.27. The van der Waals surface area contributed by atoms with Crippen LogP contribution in [0.3, 0.4) is 0 Å². The summed E-state index contributed by atoms with van der Waals surface area (Å²) in [5.41, 5.74) is 2.13. The van der Waals surface area contributed by atoms with Gasteiger partial charge in [-0.3, -0.25) is 4.79 Å². The Morgan fingerprint density at radius 1 is 1.29 bits per heavy atom. The number of rotatable bonds is 8. The van der Waals surface area contributed by atoms with Gasteiger partial charge in [0.2, 0.25) is 0 Å². The van der Waals surface area contributed by atoms with Crippen LogP contribution in [-0.2, 0) is 4.74 Å². The quantitative estimate of drug-likeness (QED) is 0.566. The molecule has 0 spiro atoms. The molecule has 148 valence electrons. The third-order valence-corrected chi connectivity index (χ3v) is 4.84. The number of carbonyl (C=O) groups is 1. The molecule has 1 unspecified atom stereocenters. The largest absolute Gasteiger partial charge is 0.490 e. The second-order valence-corrected chi connectivity index (χ2v) is 7.67. The SMILES string of the molecule is C=C(C)COc1cccc(NC(=O)c2ccc(OCC3CCCO3)c(Br)c2)c1. The zero-order valence-corrected chi connectivity index (χ0v) is 17.5. The molecule has 6 heteroatoms. The summed E-state index contributed by atoms with van der Waals surface area (Å²) in [6.45, 7) is 7.47. The van der Waals surface area contributed by atoms with Crippen LogP contribution in [0.2, 0.25) is 0 Å². The normalized spacial score (nSPS) is 15.9. The summed E-state index contributed by atoms with van der Waals surface area (Å²) in [7, 11) is 0. The zero-order chi connectivity index (χ0) is 19.9. The molecule has 1 atom stereocenters. The Morgan fingerprint density at radius 3 is 2.86 bits per heavy atom. The average molecular weight is 446 g/mol. The van der Waals surface area contributed by atoms with Crippen molar-refractivity contribution in [3.63, 3.8) is 0 Å². The first kappa shape index (κ1) is 20.4. The monoisotopic (exact) mass is 445 g/mol. The highest BCUT2D eigenvalue weighted by molar-refractivity contribution is 9.10. The van der Waals surface area contributed by atoms with Gasteiger partial charge in [-0.15, -0.1) is 0 Å². The summed E-state index contributed by atoms with van der Waals surface area (Å²) in [5, 5.41) is 2.89. The lowest BCUT2D eigenvalue weighted by Crippen LogP contribution is -2.16. The lowest BCUT2D eigenvalue weighted by molar-refractivity contribution is 0.0677. The van der Waals surface area contributed by atoms with Crippen molar-refractivity contribution in [2.24, 2.45) is 0 Å². The van der Waals surface area contributed by atoms with Crippen LogP contribution in [0.4, 0.5) is 5.69 Å². The predicted molar refractivity (Wildman–Crippen MR) is 113 cm³/mol. The average Bonchev–Trinajstić information content (AvgIpc) is 3.19. The van der Waals surface area contributed by atoms with Gasteiger partial charge in [-0.05, 0) is 71.6 Å². The number of ether oxygens (including phenoxy) is 3. The van der Waals surface area contributed by atoms with E-state index in [2.05, 4.69) is 27.8 Å². The lowest BCUT2D eigenvalue weighted by Gasteiger charge is -2.13. The molecule has 1 amide bonds. The van der Waals surface area contributed by atoms with Crippen LogP contribution in [0.25, 0.3) is 0 Å². The maximum Gasteiger partial charge on any atom is 0.255 e. The smallest absolute Gasteiger partial charge is 0.255 e. The molecule has 0 radical (unpaired) electrons. The fourth-order valence-corrected chi connectivity index (χ4v) is 3.28. The van der Waals surface area contributed by atoms with Gasteiger partial charge in [0.05, 0.1) is 10.6 Å². The molecule has 1 aliphatic heterocycles. The Labute approximate surface area is 173 Å². The molecule has 1 aliphatic rings. The van der Waals surface area contributed by atoms with E-state index in [9.17, 15) is 4.79 Å². The number of nitrogens with one attached hydrogen (secondary N) is 1. The highest BCUT2D eigenvalue weighted by Gasteiger charge is 2.17. The van der Waals surface area contributed by atoms with E-state index in [1.54, 1.807) is 24.3 Å². The van der Waals surface area contributed by atoms with Gasteiger partial charge in [-0.25, -0.2) is 0 Å². The molecule has 1 heterocycles. The van der Waals surface area contributed by atoms with Crippen molar-refractivity contribution in [3.05, 3.63) is 64.7 Å². The first-order valence-electron chi connectivity index (χ1n) is 9.24. The van der Waals surface area contributed by atoms with Crippen LogP contribution in [0.5, 0.6) is 11.5 Å². The van der Waals surface area contributed by atoms with E-state index in [1.807, 2.05) is 25.1 Å². The van der Waals surface area contributed by atoms with Gasteiger partial charge in [0.25, 0.3) is 5.91 Å². The molecule has 2 aromatic carbocycles. The van der Waals surface area contributed by atoms with Crippen molar-refractivity contribution in [2.45, 2.75) is 25.9 Å². The van der Waals surface area contributed by atoms with E-state index >= 15 is 0 Å². The molecular weight excluding hydrogens is 422 g/mol. The van der Waals surface area contributed by atoms with Gasteiger partial charge in [-0.2, -0.15) is 0 Å². The number of amides is 1. The Balaban J connectivity index is 1.60. The molecule has 0 aliphatic carbocycles. The first-order valence-corrected chi connectivity index (χ1v) is 10.0. The topological polar surface area (TPSA) is 56.8 Å². The number of hydrogen-bond donors (Lipinski definition) is 1. The number of hydrogen-bond acceptors (Lipinski definition) is 4. The van der Waals surface area contributed by atoms with Crippen LogP contribution < -0.4 is 14.8 Å². The van der Waals surface area contributed by atoms with E-state index in [0.29, 0.717) is 36.0 Å². The van der Waals surface area contributed by atoms with Crippen molar-refractivity contribution in [3.8, 4) is 11.5 Å². The van der Waals surface area contributed by atoms with E-state index in [0.717, 1.165) is 29.5 Å². The lowest BCUT2D eigenvalue weighted by atomic mass is 10.2. The van der Waals surface area contributed by atoms with Crippen LogP contribution in [0, 0.1) is 0 Å². The maximum absolute atomic E-state index is 12.6. The molecule has 1 fully saturated rings. The van der Waals surface area contributed by atoms with E-state index in [4.69, 9.17) is 14.2 Å². The Hall–Kier alpha value is -2.31. The molecule has 0 saturated carbocycles. The van der Waals surface area contributed by atoms with Crippen LogP contribution in [-0.4, -0.2) is 31.8 Å². The second-order valence-electron chi connectivity index (χ2n) is 6.82. The zero-order valence-electron chi connectivity index (χ0n) is 15.9. The van der Waals surface area contributed by atoms with Gasteiger partial charge in [0.15, 0.2) is 0 Å². The molecular formula is C22H24BrNO4. The number of halogens is 1. The standard InChI is InChI=1S/C22H24BrNO4/c1-15(2)13-27-18-6-3-5-17(12-18)24-22(25)16-8-9-21(20(23)11-16)28-14-19-7-4-10-26-19/h3,5-6,8-9,11-12,19H,1,4,7,10,13-14H2,2H3,(H,24,25). The highest BCUT2D eigenvalue weighted by atomic mass is 79.9. The van der Waals surface area contributed by atoms with Crippen molar-refractivity contribution in [2.75, 3.05) is 25.1 Å². The molecule has 5 nitrogen and oxygen atoms in total. The fraction of sp³-hybridized carbons (Fsp3) is 0.318. The maximum atomic E-state index is 12.6. The molecule has 3 rings (SSSR count). The van der Waals surface area contributed by atoms with Crippen molar-refractivity contribution in [1.29, 1.82) is 0 Å². The second kappa shape index (κ2) is 9.75. The fourth-order valence-electron chi connectivity index (χ4n) is 2.79. The van der Waals surface area contributed by atoms with Gasteiger partial charge in [-0.1, -0.05) is 12.6 Å². The third-order valence-electron chi connectivity index (χ3n) is 4.22. The van der Waals surface area contributed by atoms with Crippen LogP contribution >= 0.6 is 15.9 Å². The number of benzene rings is 2. The minimum absolute atomic E-state index is 0.147. The van der Waals surface area contributed by atoms with Crippen molar-refractivity contribution >= 4 is 27.5 Å². The van der Waals surface area contributed by atoms with Crippen molar-refractivity contribution in [1.82, 2.24) is 0 Å². The summed E-state index contributed by atoms with van der Waals surface area (Å²) in [6, 6.07) is 12.6. The minimum Gasteiger partial charge on any atom is -0.490 e. The summed E-state index contributed by atoms with van der Waals surface area (Å²) in [5.74, 6) is 1.17. The first-order chi connectivity index (χ1) is 13.5. The van der Waals surface area contributed by atoms with Crippen LogP contribution in [0.15, 0.2) is 59.1 Å². The molecule has 2 aromatic rings. The predicted octanol–water partition coefficient (Wildman–Crippen LogP) is 5.21. The molecule has 28 heavy (non-hydrogen) atoms. The summed E-state index contributed by atoms with van der Waals surface area (Å²) in [4.78, 5) is 12.6. The summed E-state index contributed by atoms with van der Waals surface area (Å²) in [6.07, 6.45) is 2.25. The van der Waals surface area contributed by atoms with Gasteiger partial charge < -0.3 is 19.5 Å². The Morgan fingerprint density at radius 2 is 2.14 bits per heavy atom. The Kier molecular flexibility index (Phi) is 7.12. The number of carbonyl (C=O) groups excluding carboxylic acids is 1. The molecule has 0 bridgehead atoms. The molecule has 0 aromatic heterocycles. The Bertz CT molecular complexity index is 846. The summed E-state index contributed by atoms with van der Waals surface area (Å²) >= 11 is 3.48. The van der Waals surface area contributed by atoms with Crippen molar-refractivity contribution < 1.29 is 19.0 Å². The summed E-state index contributed by atoms with van der Waals surface area (Å²) < 4.78 is 17.7. The molecule has 1 saturated heterocycles. The van der Waals surface area contributed by atoms with Gasteiger partial charge in [0.1, 0.15) is 24.7 Å².